The Bertz CT molecular complexity index is 2700. The second-order valence-electron chi connectivity index (χ2n) is 37.4. The predicted octanol–water partition coefficient (Wildman–Crippen LogP) is 17.9. The molecule has 0 aromatic rings. The molecule has 124 heavy (non-hydrogen) atoms. The number of hydrogen-bond acceptors (Lipinski definition) is 26. The lowest BCUT2D eigenvalue weighted by atomic mass is 9.95. The molecule has 6 rings (SSSR count). The van der Waals surface area contributed by atoms with Crippen LogP contribution in [-0.2, 0) is 85.5 Å². The highest BCUT2D eigenvalue weighted by Crippen LogP contribution is 2.40. The van der Waals surface area contributed by atoms with Crippen molar-refractivity contribution in [2.24, 2.45) is 0 Å². The van der Waals surface area contributed by atoms with Crippen molar-refractivity contribution in [1.82, 2.24) is 0 Å². The van der Waals surface area contributed by atoms with E-state index in [-0.39, 0.29) is 31.8 Å². The maximum absolute atomic E-state index is 14.9. The molecule has 6 fully saturated rings. The van der Waals surface area contributed by atoms with Gasteiger partial charge in [0.2, 0.25) is 0 Å². The number of aliphatic hydroxyl groups is 8. The number of carbonyl (C=O) groups excluding carboxylic acids is 4. The highest BCUT2D eigenvalue weighted by molar-refractivity contribution is 5.70. The largest absolute Gasteiger partial charge is 0.463 e. The molecule has 6 aliphatic heterocycles. The van der Waals surface area contributed by atoms with Crippen molar-refractivity contribution in [3.05, 3.63) is 0 Å². The van der Waals surface area contributed by atoms with E-state index in [2.05, 4.69) is 27.7 Å². The van der Waals surface area contributed by atoms with E-state index in [0.29, 0.717) is 44.9 Å². The van der Waals surface area contributed by atoms with Gasteiger partial charge in [-0.3, -0.25) is 19.2 Å². The topological polar surface area (TPSA) is 359 Å². The lowest BCUT2D eigenvalue weighted by Gasteiger charge is -2.51. The van der Waals surface area contributed by atoms with Crippen LogP contribution in [0, 0.1) is 0 Å². The van der Waals surface area contributed by atoms with Crippen LogP contribution in [0.5, 0.6) is 0 Å². The minimum absolute atomic E-state index is 0.0498. The fourth-order valence-corrected chi connectivity index (χ4v) is 18.4. The van der Waals surface area contributed by atoms with Gasteiger partial charge in [-0.1, -0.05) is 342 Å². The molecule has 26 heteroatoms. The van der Waals surface area contributed by atoms with E-state index in [1.165, 1.54) is 174 Å². The van der Waals surface area contributed by atoms with Crippen molar-refractivity contribution in [1.29, 1.82) is 0 Å². The van der Waals surface area contributed by atoms with Crippen molar-refractivity contribution >= 4 is 23.9 Å². The first-order valence-corrected chi connectivity index (χ1v) is 50.9. The van der Waals surface area contributed by atoms with Crippen molar-refractivity contribution in [2.45, 2.75) is 594 Å². The van der Waals surface area contributed by atoms with Crippen LogP contribution in [0.4, 0.5) is 0 Å². The van der Waals surface area contributed by atoms with E-state index >= 15 is 0 Å². The molecule has 26 atom stereocenters. The van der Waals surface area contributed by atoms with Gasteiger partial charge in [-0.25, -0.2) is 0 Å². The number of rotatable bonds is 60. The second-order valence-corrected chi connectivity index (χ2v) is 37.4. The molecule has 6 heterocycles. The van der Waals surface area contributed by atoms with Crippen molar-refractivity contribution in [2.75, 3.05) is 6.61 Å². The molecular weight excluding hydrogens is 1590 g/mol. The standard InChI is InChI=1S/C98H178O26/c1-9-13-17-20-23-26-29-32-33-34-35-38-39-42-47-52-58-64-75(99)111-68-74-80(104)81(105)84(108)95(117-74)124-92-89(121-94-85(109)83(107)87(70(6)113-94)118-76(100)65-59-53-48-43-40-36-30-27-24-21-18-14-10-2)72(8)115-98(93(92)120-78(102)67-61-54-49-44-41-37-31-28-25-22-19-15-11-3)122-88-71(7)114-96-86(110)90(88)119-77(101)66-60-55-50-45-46-51-57-63-73(62-56-16-12-4)116-97-91(123-96)82(106)79(103)69(5)112-97/h69-74,79-98,103-110H,9-68H2,1-8H3. The Morgan fingerprint density at radius 1 is 0.306 bits per heavy atom. The summed E-state index contributed by atoms with van der Waals surface area (Å²) in [4.78, 5) is 56.3. The minimum Gasteiger partial charge on any atom is -0.463 e. The number of aliphatic hydroxyl groups excluding tert-OH is 8. The minimum atomic E-state index is -2.06. The summed E-state index contributed by atoms with van der Waals surface area (Å²) < 4.78 is 90.7. The Balaban J connectivity index is 1.27. The Hall–Kier alpha value is -2.84. The van der Waals surface area contributed by atoms with E-state index in [1.807, 2.05) is 0 Å². The molecule has 0 spiro atoms. The number of carbonyl (C=O) groups is 4. The van der Waals surface area contributed by atoms with Gasteiger partial charge in [0.25, 0.3) is 0 Å². The van der Waals surface area contributed by atoms with Crippen LogP contribution in [-0.4, -0.2) is 231 Å². The van der Waals surface area contributed by atoms with Crippen molar-refractivity contribution in [3.63, 3.8) is 0 Å². The van der Waals surface area contributed by atoms with Crippen LogP contribution in [0.15, 0.2) is 0 Å². The van der Waals surface area contributed by atoms with Gasteiger partial charge in [0.15, 0.2) is 49.8 Å². The Morgan fingerprint density at radius 3 is 1.18 bits per heavy atom. The summed E-state index contributed by atoms with van der Waals surface area (Å²) in [5.74, 6) is -2.62. The van der Waals surface area contributed by atoms with Crippen LogP contribution in [0.25, 0.3) is 0 Å². The van der Waals surface area contributed by atoms with E-state index in [9.17, 15) is 60.0 Å². The summed E-state index contributed by atoms with van der Waals surface area (Å²) in [7, 11) is 0. The van der Waals surface area contributed by atoms with E-state index in [4.69, 9.17) is 66.3 Å². The molecule has 8 N–H and O–H groups in total. The zero-order valence-corrected chi connectivity index (χ0v) is 78.4. The van der Waals surface area contributed by atoms with Gasteiger partial charge in [0.05, 0.1) is 30.5 Å². The quantitative estimate of drug-likeness (QED) is 0.0159. The SMILES string of the molecule is CCCCCCCCCCCCCCCCCCCC(=O)OCC1OC(OC2C(OC3OC(C)C(OC(=O)CCCCCCCCCCCCCCC)C(O)C3O)C(C)OC(OC3C(C)OC4OC5C(OC(CCCCC)CCCCCCCCCC(=O)OC3C4O)OC(C)C(O)C5O)C2OC(=O)CCCCCCCCCCCCCCC)C(O)C(O)C1O. The maximum Gasteiger partial charge on any atom is 0.306 e. The second kappa shape index (κ2) is 65.7. The lowest BCUT2D eigenvalue weighted by molar-refractivity contribution is -0.400. The fourth-order valence-electron chi connectivity index (χ4n) is 18.4. The Labute approximate surface area is 747 Å². The summed E-state index contributed by atoms with van der Waals surface area (Å²) >= 11 is 0. The molecule has 0 amide bonds. The van der Waals surface area contributed by atoms with Gasteiger partial charge >= 0.3 is 23.9 Å². The molecule has 2 bridgehead atoms. The van der Waals surface area contributed by atoms with Crippen molar-refractivity contribution in [3.8, 4) is 0 Å². The average Bonchev–Trinajstić information content (AvgIpc) is 0.761. The number of hydrogen-bond donors (Lipinski definition) is 8. The molecule has 0 radical (unpaired) electrons. The van der Waals surface area contributed by atoms with Gasteiger partial charge in [-0.2, -0.15) is 0 Å². The molecular formula is C98H178O26. The Kier molecular flexibility index (Phi) is 58.2. The first-order valence-electron chi connectivity index (χ1n) is 50.9. The summed E-state index contributed by atoms with van der Waals surface area (Å²) in [6.07, 6.45) is 17.7. The Morgan fingerprint density at radius 2 is 0.685 bits per heavy atom. The van der Waals surface area contributed by atoms with Gasteiger partial charge < -0.3 is 107 Å². The molecule has 6 aliphatic rings. The summed E-state index contributed by atoms with van der Waals surface area (Å²) in [5, 5.41) is 95.7. The predicted molar refractivity (Wildman–Crippen MR) is 474 cm³/mol. The normalized spacial score (nSPS) is 32.5. The molecule has 0 saturated carbocycles. The number of unbranched alkanes of at least 4 members (excludes halogenated alkanes) is 42. The van der Waals surface area contributed by atoms with Crippen LogP contribution in [0.3, 0.4) is 0 Å². The third-order valence-corrected chi connectivity index (χ3v) is 26.4. The molecule has 26 unspecified atom stereocenters. The zero-order chi connectivity index (χ0) is 89.6. The van der Waals surface area contributed by atoms with Crippen molar-refractivity contribution < 1.29 is 126 Å². The highest BCUT2D eigenvalue weighted by Gasteiger charge is 2.59. The van der Waals surface area contributed by atoms with Crippen LogP contribution >= 0.6 is 0 Å². The monoisotopic (exact) mass is 1770 g/mol. The van der Waals surface area contributed by atoms with Crippen LogP contribution in [0.2, 0.25) is 0 Å². The molecule has 726 valence electrons. The third kappa shape index (κ3) is 41.5. The molecule has 6 saturated heterocycles. The fraction of sp³-hybridized carbons (Fsp3) is 0.959. The van der Waals surface area contributed by atoms with Gasteiger partial charge in [-0.15, -0.1) is 0 Å². The smallest absolute Gasteiger partial charge is 0.306 e. The lowest BCUT2D eigenvalue weighted by Crippen LogP contribution is -2.68. The highest BCUT2D eigenvalue weighted by atomic mass is 16.8. The van der Waals surface area contributed by atoms with Gasteiger partial charge in [0, 0.05) is 25.7 Å². The molecule has 0 aromatic heterocycles. The zero-order valence-electron chi connectivity index (χ0n) is 78.4. The van der Waals surface area contributed by atoms with Gasteiger partial charge in [-0.05, 0) is 66.2 Å². The van der Waals surface area contributed by atoms with Gasteiger partial charge in [0.1, 0.15) is 86.0 Å². The van der Waals surface area contributed by atoms with E-state index in [0.717, 1.165) is 141 Å². The molecule has 0 aliphatic carbocycles. The van der Waals surface area contributed by atoms with Crippen LogP contribution in [0.1, 0.15) is 434 Å². The molecule has 0 aromatic carbocycles. The number of ether oxygens (including phenoxy) is 14. The van der Waals surface area contributed by atoms with Crippen LogP contribution < -0.4 is 0 Å². The summed E-state index contributed by atoms with van der Waals surface area (Å²) in [6, 6.07) is 0. The number of esters is 4. The summed E-state index contributed by atoms with van der Waals surface area (Å²) in [5.41, 5.74) is 0. The number of fused-ring (bicyclic) bond motifs is 3. The average molecular weight is 1770 g/mol. The van der Waals surface area contributed by atoms with E-state index < -0.39 is 184 Å². The first kappa shape index (κ1) is 110. The maximum atomic E-state index is 14.9. The first-order chi connectivity index (χ1) is 60.1. The summed E-state index contributed by atoms with van der Waals surface area (Å²) in [6.45, 7) is 14.5. The third-order valence-electron chi connectivity index (χ3n) is 26.4. The van der Waals surface area contributed by atoms with E-state index in [1.54, 1.807) is 20.8 Å². The molecule has 26 nitrogen and oxygen atoms in total.